The van der Waals surface area contributed by atoms with E-state index < -0.39 is 17.1 Å². The smallest absolute Gasteiger partial charge is 0.312 e. The summed E-state index contributed by atoms with van der Waals surface area (Å²) in [7, 11) is 0. The average Bonchev–Trinajstić information content (AvgIpc) is 1.99. The van der Waals surface area contributed by atoms with E-state index in [1.165, 1.54) is 0 Å². The summed E-state index contributed by atoms with van der Waals surface area (Å²) in [5.74, 6) is -0.960. The lowest BCUT2D eigenvalue weighted by atomic mass is 9.90. The highest BCUT2D eigenvalue weighted by Crippen LogP contribution is 2.22. The molecule has 0 aromatic rings. The molecule has 3 nitrogen and oxygen atoms in total. The molecule has 0 spiro atoms. The number of carbonyl (C=O) groups excluding carboxylic acids is 1. The normalized spacial score (nSPS) is 18.6. The summed E-state index contributed by atoms with van der Waals surface area (Å²) < 4.78 is 5.20. The zero-order chi connectivity index (χ0) is 12.3. The van der Waals surface area contributed by atoms with Crippen LogP contribution in [0, 0.1) is 5.92 Å². The third-order valence-corrected chi connectivity index (χ3v) is 2.14. The number of ether oxygens (including phenoxy) is 1. The van der Waals surface area contributed by atoms with Crippen LogP contribution in [0.2, 0.25) is 0 Å². The van der Waals surface area contributed by atoms with Crippen molar-refractivity contribution in [2.45, 2.75) is 52.7 Å². The number of esters is 1. The van der Waals surface area contributed by atoms with Crippen molar-refractivity contribution >= 4 is 5.97 Å². The van der Waals surface area contributed by atoms with Gasteiger partial charge in [-0.3, -0.25) is 4.79 Å². The van der Waals surface area contributed by atoms with E-state index >= 15 is 0 Å². The fourth-order valence-electron chi connectivity index (χ4n) is 1.11. The molecule has 15 heavy (non-hydrogen) atoms. The Hall–Kier alpha value is -0.830. The summed E-state index contributed by atoms with van der Waals surface area (Å²) in [6.07, 6.45) is 3.32. The fourth-order valence-corrected chi connectivity index (χ4v) is 1.11. The van der Waals surface area contributed by atoms with Gasteiger partial charge in [0.2, 0.25) is 0 Å². The SMILES string of the molecule is CC=CC(C)(O)C(C)C(=O)OC(C)(C)C. The van der Waals surface area contributed by atoms with Gasteiger partial charge in [0.05, 0.1) is 11.5 Å². The Kier molecular flexibility index (Phi) is 4.53. The largest absolute Gasteiger partial charge is 0.460 e. The van der Waals surface area contributed by atoms with Crippen LogP contribution < -0.4 is 0 Å². The number of hydrogen-bond acceptors (Lipinski definition) is 3. The van der Waals surface area contributed by atoms with Crippen molar-refractivity contribution in [3.8, 4) is 0 Å². The fraction of sp³-hybridized carbons (Fsp3) is 0.750. The van der Waals surface area contributed by atoms with Crippen molar-refractivity contribution in [2.75, 3.05) is 0 Å². The Morgan fingerprint density at radius 1 is 1.33 bits per heavy atom. The van der Waals surface area contributed by atoms with Crippen LogP contribution in [-0.2, 0) is 9.53 Å². The second kappa shape index (κ2) is 4.79. The summed E-state index contributed by atoms with van der Waals surface area (Å²) in [4.78, 5) is 11.7. The van der Waals surface area contributed by atoms with Crippen LogP contribution in [0.25, 0.3) is 0 Å². The molecule has 0 saturated heterocycles. The van der Waals surface area contributed by atoms with E-state index in [0.29, 0.717) is 0 Å². The second-order valence-corrected chi connectivity index (χ2v) is 4.98. The van der Waals surface area contributed by atoms with Gasteiger partial charge in [-0.15, -0.1) is 0 Å². The summed E-state index contributed by atoms with van der Waals surface area (Å²) in [5, 5.41) is 9.96. The molecule has 1 N–H and O–H groups in total. The quantitative estimate of drug-likeness (QED) is 0.579. The molecule has 0 aliphatic heterocycles. The monoisotopic (exact) mass is 214 g/mol. The van der Waals surface area contributed by atoms with Crippen LogP contribution in [0.1, 0.15) is 41.5 Å². The van der Waals surface area contributed by atoms with Crippen molar-refractivity contribution in [3.05, 3.63) is 12.2 Å². The molecule has 0 rings (SSSR count). The van der Waals surface area contributed by atoms with Gasteiger partial charge in [-0.2, -0.15) is 0 Å². The molecule has 88 valence electrons. The minimum atomic E-state index is -1.16. The molecule has 0 heterocycles. The van der Waals surface area contributed by atoms with E-state index in [1.54, 1.807) is 32.9 Å². The first kappa shape index (κ1) is 14.2. The van der Waals surface area contributed by atoms with Crippen molar-refractivity contribution in [1.29, 1.82) is 0 Å². The van der Waals surface area contributed by atoms with Gasteiger partial charge in [0, 0.05) is 0 Å². The van der Waals surface area contributed by atoms with Gasteiger partial charge in [0.1, 0.15) is 5.60 Å². The van der Waals surface area contributed by atoms with E-state index in [2.05, 4.69) is 0 Å². The van der Waals surface area contributed by atoms with E-state index in [-0.39, 0.29) is 5.97 Å². The molecule has 3 heteroatoms. The van der Waals surface area contributed by atoms with E-state index in [1.807, 2.05) is 20.8 Å². The maximum atomic E-state index is 11.7. The molecular formula is C12H22O3. The Labute approximate surface area is 92.1 Å². The molecule has 2 unspecified atom stereocenters. The van der Waals surface area contributed by atoms with Crippen molar-refractivity contribution in [1.82, 2.24) is 0 Å². The van der Waals surface area contributed by atoms with Crippen molar-refractivity contribution in [3.63, 3.8) is 0 Å². The predicted molar refractivity (Wildman–Crippen MR) is 60.4 cm³/mol. The summed E-state index contributed by atoms with van der Waals surface area (Å²) in [6, 6.07) is 0. The van der Waals surface area contributed by atoms with E-state index in [9.17, 15) is 9.90 Å². The highest BCUT2D eigenvalue weighted by atomic mass is 16.6. The summed E-state index contributed by atoms with van der Waals surface area (Å²) in [5.41, 5.74) is -1.67. The molecule has 0 radical (unpaired) electrons. The number of hydrogen-bond donors (Lipinski definition) is 1. The molecular weight excluding hydrogens is 192 g/mol. The first-order valence-corrected chi connectivity index (χ1v) is 5.19. The molecule has 0 aliphatic rings. The molecule has 2 atom stereocenters. The highest BCUT2D eigenvalue weighted by Gasteiger charge is 2.34. The molecule has 0 amide bonds. The van der Waals surface area contributed by atoms with Gasteiger partial charge in [0.25, 0.3) is 0 Å². The Morgan fingerprint density at radius 3 is 2.13 bits per heavy atom. The lowest BCUT2D eigenvalue weighted by Crippen LogP contribution is -2.39. The number of rotatable bonds is 3. The van der Waals surface area contributed by atoms with Crippen LogP contribution in [-0.4, -0.2) is 22.3 Å². The molecule has 0 bridgehead atoms. The lowest BCUT2D eigenvalue weighted by Gasteiger charge is -2.29. The van der Waals surface area contributed by atoms with Crippen molar-refractivity contribution < 1.29 is 14.6 Å². The highest BCUT2D eigenvalue weighted by molar-refractivity contribution is 5.74. The topological polar surface area (TPSA) is 46.5 Å². The third-order valence-electron chi connectivity index (χ3n) is 2.14. The third kappa shape index (κ3) is 4.98. The Morgan fingerprint density at radius 2 is 1.80 bits per heavy atom. The standard InChI is InChI=1S/C12H22O3/c1-7-8-12(6,14)9(2)10(13)15-11(3,4)5/h7-9,14H,1-6H3. The van der Waals surface area contributed by atoms with Crippen LogP contribution in [0.5, 0.6) is 0 Å². The van der Waals surface area contributed by atoms with Crippen LogP contribution >= 0.6 is 0 Å². The second-order valence-electron chi connectivity index (χ2n) is 4.98. The number of allylic oxidation sites excluding steroid dienone is 1. The van der Waals surface area contributed by atoms with Gasteiger partial charge < -0.3 is 9.84 Å². The zero-order valence-electron chi connectivity index (χ0n) is 10.5. The number of carbonyl (C=O) groups is 1. The van der Waals surface area contributed by atoms with Crippen LogP contribution in [0.4, 0.5) is 0 Å². The van der Waals surface area contributed by atoms with E-state index in [4.69, 9.17) is 4.74 Å². The molecule has 0 aromatic heterocycles. The van der Waals surface area contributed by atoms with Crippen LogP contribution in [0.15, 0.2) is 12.2 Å². The summed E-state index contributed by atoms with van der Waals surface area (Å²) >= 11 is 0. The Bertz CT molecular complexity index is 246. The lowest BCUT2D eigenvalue weighted by molar-refractivity contribution is -0.165. The van der Waals surface area contributed by atoms with E-state index in [0.717, 1.165) is 0 Å². The minimum Gasteiger partial charge on any atom is -0.460 e. The van der Waals surface area contributed by atoms with Crippen LogP contribution in [0.3, 0.4) is 0 Å². The molecule has 0 saturated carbocycles. The summed E-state index contributed by atoms with van der Waals surface area (Å²) in [6.45, 7) is 10.5. The Balaban J connectivity index is 4.58. The van der Waals surface area contributed by atoms with Gasteiger partial charge in [0.15, 0.2) is 0 Å². The molecule has 0 aliphatic carbocycles. The van der Waals surface area contributed by atoms with Gasteiger partial charge >= 0.3 is 5.97 Å². The van der Waals surface area contributed by atoms with Gasteiger partial charge in [-0.1, -0.05) is 12.2 Å². The van der Waals surface area contributed by atoms with Crippen molar-refractivity contribution in [2.24, 2.45) is 5.92 Å². The first-order chi connectivity index (χ1) is 6.60. The number of aliphatic hydroxyl groups is 1. The molecule has 0 aromatic carbocycles. The maximum absolute atomic E-state index is 11.7. The first-order valence-electron chi connectivity index (χ1n) is 5.19. The predicted octanol–water partition coefficient (Wildman–Crippen LogP) is 2.29. The average molecular weight is 214 g/mol. The van der Waals surface area contributed by atoms with Gasteiger partial charge in [-0.25, -0.2) is 0 Å². The van der Waals surface area contributed by atoms with Gasteiger partial charge in [-0.05, 0) is 41.5 Å². The molecule has 0 fully saturated rings. The zero-order valence-corrected chi connectivity index (χ0v) is 10.5. The minimum absolute atomic E-state index is 0.384. The maximum Gasteiger partial charge on any atom is 0.312 e.